The largest absolute Gasteiger partial charge is 0.316 e. The fraction of sp³-hybridized carbons (Fsp3) is 0.200. The van der Waals surface area contributed by atoms with Crippen LogP contribution in [0.1, 0.15) is 11.6 Å². The van der Waals surface area contributed by atoms with E-state index in [0.717, 1.165) is 5.56 Å². The van der Waals surface area contributed by atoms with E-state index in [1.807, 2.05) is 18.2 Å². The molecule has 0 radical (unpaired) electrons. The number of aromatic nitrogens is 4. The quantitative estimate of drug-likeness (QED) is 0.766. The Balaban J connectivity index is 2.06. The number of rotatable bonds is 3. The molecular weight excluding hydrogens is 220 g/mol. The van der Waals surface area contributed by atoms with Crippen LogP contribution in [0.5, 0.6) is 0 Å². The monoisotopic (exact) mass is 232 g/mol. The lowest BCUT2D eigenvalue weighted by Crippen LogP contribution is -2.28. The van der Waals surface area contributed by atoms with Gasteiger partial charge >= 0.3 is 0 Å². The van der Waals surface area contributed by atoms with Crippen LogP contribution in [0.2, 0.25) is 0 Å². The second-order valence-corrected chi connectivity index (χ2v) is 3.48. The van der Waals surface area contributed by atoms with Gasteiger partial charge in [0.05, 0.1) is 7.05 Å². The predicted molar refractivity (Wildman–Crippen MR) is 60.8 cm³/mol. The fourth-order valence-corrected chi connectivity index (χ4v) is 1.33. The molecule has 7 heteroatoms. The maximum Gasteiger partial charge on any atom is 0.270 e. The number of nitrogens with two attached hydrogens (primary N) is 1. The van der Waals surface area contributed by atoms with Crippen molar-refractivity contribution in [3.63, 3.8) is 0 Å². The van der Waals surface area contributed by atoms with Gasteiger partial charge in [0, 0.05) is 0 Å². The minimum Gasteiger partial charge on any atom is -0.316 e. The molecule has 0 saturated carbocycles. The second-order valence-electron chi connectivity index (χ2n) is 3.48. The molecule has 1 aromatic carbocycles. The average Bonchev–Trinajstić information content (AvgIpc) is 2.75. The molecule has 1 aromatic heterocycles. The van der Waals surface area contributed by atoms with Gasteiger partial charge in [0.2, 0.25) is 5.91 Å². The van der Waals surface area contributed by atoms with Crippen LogP contribution < -0.4 is 11.1 Å². The Bertz CT molecular complexity index is 509. The Morgan fingerprint density at radius 2 is 2.12 bits per heavy atom. The maximum atomic E-state index is 11.8. The first-order valence-electron chi connectivity index (χ1n) is 5.02. The summed E-state index contributed by atoms with van der Waals surface area (Å²) in [7, 11) is 1.61. The molecule has 0 aliphatic carbocycles. The van der Waals surface area contributed by atoms with E-state index >= 15 is 0 Å². The highest BCUT2D eigenvalue weighted by atomic mass is 16.2. The topological polar surface area (TPSA) is 98.7 Å². The highest BCUT2D eigenvalue weighted by Crippen LogP contribution is 2.10. The van der Waals surface area contributed by atoms with Crippen molar-refractivity contribution in [3.05, 3.63) is 35.9 Å². The van der Waals surface area contributed by atoms with Crippen LogP contribution in [0.4, 0.5) is 5.95 Å². The van der Waals surface area contributed by atoms with Crippen LogP contribution in [-0.2, 0) is 11.8 Å². The highest BCUT2D eigenvalue weighted by Gasteiger charge is 2.17. The first kappa shape index (κ1) is 11.2. The van der Waals surface area contributed by atoms with Gasteiger partial charge in [-0.05, 0) is 10.8 Å². The number of benzene rings is 1. The van der Waals surface area contributed by atoms with E-state index in [1.165, 1.54) is 4.80 Å². The van der Waals surface area contributed by atoms with Crippen molar-refractivity contribution in [2.75, 3.05) is 5.32 Å². The van der Waals surface area contributed by atoms with E-state index in [2.05, 4.69) is 20.7 Å². The normalized spacial score (nSPS) is 12.1. The molecule has 0 aliphatic rings. The summed E-state index contributed by atoms with van der Waals surface area (Å²) in [6.45, 7) is 0. The molecule has 3 N–H and O–H groups in total. The number of hydrogen-bond acceptors (Lipinski definition) is 5. The van der Waals surface area contributed by atoms with Gasteiger partial charge in [0.15, 0.2) is 0 Å². The van der Waals surface area contributed by atoms with E-state index in [1.54, 1.807) is 19.2 Å². The number of nitrogens with zero attached hydrogens (tertiary/aromatic N) is 4. The molecule has 0 fully saturated rings. The summed E-state index contributed by atoms with van der Waals surface area (Å²) in [5, 5.41) is 13.6. The van der Waals surface area contributed by atoms with Gasteiger partial charge < -0.3 is 5.73 Å². The Morgan fingerprint density at radius 3 is 2.71 bits per heavy atom. The number of aryl methyl sites for hydroxylation is 1. The number of carbonyl (C=O) groups excluding carboxylic acids is 1. The average molecular weight is 232 g/mol. The maximum absolute atomic E-state index is 11.8. The van der Waals surface area contributed by atoms with Crippen molar-refractivity contribution in [1.29, 1.82) is 0 Å². The zero-order valence-corrected chi connectivity index (χ0v) is 9.24. The van der Waals surface area contributed by atoms with Crippen molar-refractivity contribution in [1.82, 2.24) is 20.2 Å². The third-order valence-corrected chi connectivity index (χ3v) is 2.18. The molecular formula is C10H12N6O. The lowest BCUT2D eigenvalue weighted by Gasteiger charge is -2.09. The summed E-state index contributed by atoms with van der Waals surface area (Å²) in [6, 6.07) is 8.33. The number of anilines is 1. The summed E-state index contributed by atoms with van der Waals surface area (Å²) in [5.41, 5.74) is 6.53. The minimum absolute atomic E-state index is 0.142. The Morgan fingerprint density at radius 1 is 1.41 bits per heavy atom. The Kier molecular flexibility index (Phi) is 3.10. The van der Waals surface area contributed by atoms with Crippen molar-refractivity contribution in [3.8, 4) is 0 Å². The van der Waals surface area contributed by atoms with Gasteiger partial charge in [-0.1, -0.05) is 35.4 Å². The molecule has 1 atom stereocenters. The molecule has 0 saturated heterocycles. The molecule has 88 valence electrons. The SMILES string of the molecule is Cn1nnc(NC(=O)[C@H](N)c2ccccc2)n1. The molecule has 1 heterocycles. The number of tetrazole rings is 1. The molecule has 1 amide bonds. The zero-order chi connectivity index (χ0) is 12.3. The van der Waals surface area contributed by atoms with Gasteiger partial charge in [-0.25, -0.2) is 0 Å². The van der Waals surface area contributed by atoms with Crippen LogP contribution in [0, 0.1) is 0 Å². The summed E-state index contributed by atoms with van der Waals surface area (Å²) in [5.74, 6) is -0.229. The number of carbonyl (C=O) groups is 1. The van der Waals surface area contributed by atoms with Gasteiger partial charge in [0.1, 0.15) is 6.04 Å². The van der Waals surface area contributed by atoms with E-state index in [-0.39, 0.29) is 11.9 Å². The number of nitrogens with one attached hydrogen (secondary N) is 1. The lowest BCUT2D eigenvalue weighted by molar-refractivity contribution is -0.117. The first-order valence-corrected chi connectivity index (χ1v) is 5.02. The fourth-order valence-electron chi connectivity index (χ4n) is 1.33. The molecule has 2 aromatic rings. The van der Waals surface area contributed by atoms with Crippen LogP contribution in [0.3, 0.4) is 0 Å². The van der Waals surface area contributed by atoms with E-state index in [0.29, 0.717) is 0 Å². The standard InChI is InChI=1S/C10H12N6O/c1-16-14-10(13-15-16)12-9(17)8(11)7-5-3-2-4-6-7/h2-6,8H,11H2,1H3,(H,12,14,17)/t8-/m1/s1. The van der Waals surface area contributed by atoms with Crippen molar-refractivity contribution in [2.24, 2.45) is 12.8 Å². The summed E-state index contributed by atoms with van der Waals surface area (Å²) in [6.07, 6.45) is 0. The summed E-state index contributed by atoms with van der Waals surface area (Å²) >= 11 is 0. The van der Waals surface area contributed by atoms with E-state index in [9.17, 15) is 4.79 Å². The molecule has 0 aliphatic heterocycles. The molecule has 2 rings (SSSR count). The molecule has 17 heavy (non-hydrogen) atoms. The van der Waals surface area contributed by atoms with Crippen molar-refractivity contribution in [2.45, 2.75) is 6.04 Å². The molecule has 0 unspecified atom stereocenters. The Labute approximate surface area is 97.6 Å². The molecule has 0 bridgehead atoms. The molecule has 7 nitrogen and oxygen atoms in total. The van der Waals surface area contributed by atoms with Crippen LogP contribution >= 0.6 is 0 Å². The smallest absolute Gasteiger partial charge is 0.270 e. The number of hydrogen-bond donors (Lipinski definition) is 2. The third kappa shape index (κ3) is 2.64. The summed E-state index contributed by atoms with van der Waals surface area (Å²) in [4.78, 5) is 13.0. The van der Waals surface area contributed by atoms with Crippen LogP contribution in [-0.4, -0.2) is 26.1 Å². The second kappa shape index (κ2) is 4.71. The van der Waals surface area contributed by atoms with Gasteiger partial charge in [-0.15, -0.1) is 5.10 Å². The minimum atomic E-state index is -0.750. The number of amides is 1. The predicted octanol–water partition coefficient (Wildman–Crippen LogP) is -0.151. The van der Waals surface area contributed by atoms with Gasteiger partial charge in [0.25, 0.3) is 5.95 Å². The lowest BCUT2D eigenvalue weighted by atomic mass is 10.1. The summed E-state index contributed by atoms with van der Waals surface area (Å²) < 4.78 is 0. The Hall–Kier alpha value is -2.28. The van der Waals surface area contributed by atoms with Gasteiger partial charge in [-0.3, -0.25) is 10.1 Å². The van der Waals surface area contributed by atoms with E-state index < -0.39 is 6.04 Å². The zero-order valence-electron chi connectivity index (χ0n) is 9.24. The van der Waals surface area contributed by atoms with Gasteiger partial charge in [-0.2, -0.15) is 4.80 Å². The van der Waals surface area contributed by atoms with Crippen LogP contribution in [0.15, 0.2) is 30.3 Å². The van der Waals surface area contributed by atoms with E-state index in [4.69, 9.17) is 5.73 Å². The first-order chi connectivity index (χ1) is 8.16. The third-order valence-electron chi connectivity index (χ3n) is 2.18. The highest BCUT2D eigenvalue weighted by molar-refractivity contribution is 5.93. The van der Waals surface area contributed by atoms with Crippen molar-refractivity contribution < 1.29 is 4.79 Å². The molecule has 0 spiro atoms. The van der Waals surface area contributed by atoms with Crippen LogP contribution in [0.25, 0.3) is 0 Å². The van der Waals surface area contributed by atoms with Crippen molar-refractivity contribution >= 4 is 11.9 Å².